The molecule has 5 heterocycles. The van der Waals surface area contributed by atoms with Gasteiger partial charge in [-0.15, -0.1) is 33.3 Å². The van der Waals surface area contributed by atoms with E-state index in [0.717, 1.165) is 28.5 Å². The SMILES string of the molecule is Cc1nnn(CC2=C(C(=O)O)N3C(=O)[C@@H](NC(=O)/C(=N\OCc4cc(=O)c(O)cn4O)c4csc(N)n4)[C@H]3SC2)n1. The van der Waals surface area contributed by atoms with Gasteiger partial charge in [0.1, 0.15) is 28.5 Å². The fraction of sp³-hybridized carbons (Fsp3) is 0.286. The van der Waals surface area contributed by atoms with Gasteiger partial charge in [-0.25, -0.2) is 9.78 Å². The van der Waals surface area contributed by atoms with Crippen molar-refractivity contribution in [2.45, 2.75) is 31.5 Å². The lowest BCUT2D eigenvalue weighted by Crippen LogP contribution is -2.71. The van der Waals surface area contributed by atoms with E-state index in [1.807, 2.05) is 0 Å². The molecule has 0 aliphatic carbocycles. The number of aliphatic carboxylic acids is 1. The summed E-state index contributed by atoms with van der Waals surface area (Å²) >= 11 is 2.27. The molecular weight excluding hydrogens is 584 g/mol. The number of thioether (sulfide) groups is 1. The number of oxime groups is 1. The molecule has 0 aromatic carbocycles. The van der Waals surface area contributed by atoms with Gasteiger partial charge in [0.05, 0.1) is 12.7 Å². The first-order valence-electron chi connectivity index (χ1n) is 11.5. The predicted molar refractivity (Wildman–Crippen MR) is 140 cm³/mol. The molecule has 214 valence electrons. The molecule has 0 bridgehead atoms. The maximum Gasteiger partial charge on any atom is 0.352 e. The van der Waals surface area contributed by atoms with E-state index in [0.29, 0.717) is 16.1 Å². The Morgan fingerprint density at radius 1 is 1.34 bits per heavy atom. The molecule has 3 aromatic heterocycles. The molecule has 20 heteroatoms. The van der Waals surface area contributed by atoms with Gasteiger partial charge < -0.3 is 31.3 Å². The van der Waals surface area contributed by atoms with E-state index in [1.54, 1.807) is 6.92 Å². The molecule has 1 saturated heterocycles. The smallest absolute Gasteiger partial charge is 0.352 e. The summed E-state index contributed by atoms with van der Waals surface area (Å²) < 4.78 is 0.455. The highest BCUT2D eigenvalue weighted by Gasteiger charge is 2.54. The Kier molecular flexibility index (Phi) is 7.32. The Morgan fingerprint density at radius 3 is 2.78 bits per heavy atom. The van der Waals surface area contributed by atoms with Gasteiger partial charge in [-0.3, -0.25) is 19.3 Å². The van der Waals surface area contributed by atoms with Gasteiger partial charge in [-0.1, -0.05) is 5.16 Å². The standard InChI is InChI=1S/C21H20N10O8S2/c1-8-25-28-30(26-8)3-9-6-40-19-15(18(35)31(19)16(9)20(36)37)24-17(34)14(11-7-41-21(22)23-11)27-39-5-10-2-12(32)13(33)4-29(10)38/h2,4,7,15,19,33,38H,3,5-6H2,1H3,(H2,22,23)(H,24,34)(H,36,37)/b27-14-/t15-,19-/m1/s1. The zero-order chi connectivity index (χ0) is 29.4. The lowest BCUT2D eigenvalue weighted by atomic mass is 10.0. The van der Waals surface area contributed by atoms with Crippen molar-refractivity contribution in [1.29, 1.82) is 0 Å². The lowest BCUT2D eigenvalue weighted by molar-refractivity contribution is -0.150. The van der Waals surface area contributed by atoms with Crippen molar-refractivity contribution in [1.82, 2.24) is 40.1 Å². The average Bonchev–Trinajstić information content (AvgIpc) is 3.54. The molecule has 0 unspecified atom stereocenters. The summed E-state index contributed by atoms with van der Waals surface area (Å²) in [5.74, 6) is -2.88. The van der Waals surface area contributed by atoms with E-state index in [2.05, 4.69) is 30.9 Å². The van der Waals surface area contributed by atoms with Gasteiger partial charge in [0.15, 0.2) is 29.0 Å². The molecule has 5 rings (SSSR count). The topological polar surface area (TPSA) is 253 Å². The number of aryl methyl sites for hydroxylation is 1. The number of hydrogen-bond acceptors (Lipinski definition) is 15. The van der Waals surface area contributed by atoms with Crippen molar-refractivity contribution in [3.63, 3.8) is 0 Å². The number of hydrogen-bond donors (Lipinski definition) is 5. The van der Waals surface area contributed by atoms with Crippen molar-refractivity contribution in [2.24, 2.45) is 5.16 Å². The predicted octanol–water partition coefficient (Wildman–Crippen LogP) is -1.52. The number of carbonyl (C=O) groups is 3. The molecule has 6 N–H and O–H groups in total. The molecule has 2 atom stereocenters. The van der Waals surface area contributed by atoms with Crippen LogP contribution in [-0.2, 0) is 32.4 Å². The number of fused-ring (bicyclic) bond motifs is 1. The molecule has 1 fully saturated rings. The summed E-state index contributed by atoms with van der Waals surface area (Å²) in [4.78, 5) is 61.6. The van der Waals surface area contributed by atoms with Crippen LogP contribution in [0.4, 0.5) is 5.13 Å². The number of rotatable bonds is 9. The summed E-state index contributed by atoms with van der Waals surface area (Å²) in [5, 5.41) is 47.9. The second-order valence-corrected chi connectivity index (χ2v) is 10.6. The maximum atomic E-state index is 13.2. The summed E-state index contributed by atoms with van der Waals surface area (Å²) in [6.45, 7) is 1.17. The van der Waals surface area contributed by atoms with Gasteiger partial charge in [0.2, 0.25) is 5.43 Å². The number of carbonyl (C=O) groups excluding carboxylic acids is 2. The van der Waals surface area contributed by atoms with E-state index in [-0.39, 0.29) is 40.2 Å². The van der Waals surface area contributed by atoms with E-state index in [9.17, 15) is 34.6 Å². The van der Waals surface area contributed by atoms with E-state index in [4.69, 9.17) is 10.6 Å². The molecule has 3 aromatic rings. The first kappa shape index (κ1) is 27.6. The normalized spacial score (nSPS) is 18.6. The third-order valence-electron chi connectivity index (χ3n) is 5.86. The third-order valence-corrected chi connectivity index (χ3v) is 7.87. The average molecular weight is 605 g/mol. The highest BCUT2D eigenvalue weighted by molar-refractivity contribution is 8.00. The molecule has 18 nitrogen and oxygen atoms in total. The maximum absolute atomic E-state index is 13.2. The Labute approximate surface area is 236 Å². The number of nitrogen functional groups attached to an aromatic ring is 1. The number of amides is 2. The number of pyridine rings is 1. The first-order valence-corrected chi connectivity index (χ1v) is 13.5. The minimum absolute atomic E-state index is 0.0189. The number of aromatic hydroxyl groups is 1. The van der Waals surface area contributed by atoms with Gasteiger partial charge in [0.25, 0.3) is 11.8 Å². The zero-order valence-corrected chi connectivity index (χ0v) is 22.5. The summed E-state index contributed by atoms with van der Waals surface area (Å²) in [6, 6.07) is -0.175. The first-order chi connectivity index (χ1) is 19.5. The number of β-lactam (4-membered cyclic amide) rings is 1. The lowest BCUT2D eigenvalue weighted by Gasteiger charge is -2.49. The molecule has 2 aliphatic heterocycles. The van der Waals surface area contributed by atoms with E-state index < -0.39 is 47.0 Å². The summed E-state index contributed by atoms with van der Waals surface area (Å²) in [6.07, 6.45) is 0.768. The van der Waals surface area contributed by atoms with E-state index >= 15 is 0 Å². The Bertz CT molecular complexity index is 1680. The monoisotopic (exact) mass is 604 g/mol. The molecule has 2 amide bonds. The van der Waals surface area contributed by atoms with Crippen LogP contribution in [0.25, 0.3) is 0 Å². The molecule has 2 aliphatic rings. The van der Waals surface area contributed by atoms with Crippen LogP contribution in [0.1, 0.15) is 17.2 Å². The van der Waals surface area contributed by atoms with Gasteiger partial charge >= 0.3 is 5.97 Å². The van der Waals surface area contributed by atoms with Crippen LogP contribution in [0.5, 0.6) is 5.75 Å². The highest BCUT2D eigenvalue weighted by Crippen LogP contribution is 2.40. The Hall–Kier alpha value is -4.98. The van der Waals surface area contributed by atoms with Crippen molar-refractivity contribution in [2.75, 3.05) is 11.5 Å². The minimum atomic E-state index is -1.31. The van der Waals surface area contributed by atoms with Crippen LogP contribution in [0.15, 0.2) is 38.9 Å². The van der Waals surface area contributed by atoms with Crippen LogP contribution in [0, 0.1) is 6.92 Å². The minimum Gasteiger partial charge on any atom is -0.503 e. The number of carboxylic acids is 1. The molecular formula is C21H20N10O8S2. The van der Waals surface area contributed by atoms with Crippen molar-refractivity contribution >= 4 is 51.7 Å². The number of carboxylic acid groups (broad SMARTS) is 1. The van der Waals surface area contributed by atoms with E-state index in [1.165, 1.54) is 21.9 Å². The molecule has 0 spiro atoms. The number of nitrogens with two attached hydrogens (primary N) is 1. The van der Waals surface area contributed by atoms with Gasteiger partial charge in [-0.05, 0) is 17.7 Å². The van der Waals surface area contributed by atoms with Crippen molar-refractivity contribution in [3.05, 3.63) is 56.3 Å². The molecule has 0 radical (unpaired) electrons. The zero-order valence-electron chi connectivity index (χ0n) is 20.9. The largest absolute Gasteiger partial charge is 0.503 e. The molecule has 41 heavy (non-hydrogen) atoms. The molecule has 0 saturated carbocycles. The van der Waals surface area contributed by atoms with Crippen LogP contribution in [0.3, 0.4) is 0 Å². The van der Waals surface area contributed by atoms with Gasteiger partial charge in [0, 0.05) is 17.2 Å². The number of anilines is 1. The number of nitrogens with zero attached hydrogens (tertiary/aromatic N) is 8. The third kappa shape index (κ3) is 5.41. The number of nitrogens with one attached hydrogen (secondary N) is 1. The van der Waals surface area contributed by atoms with Crippen molar-refractivity contribution < 1.29 is 34.6 Å². The Morgan fingerprint density at radius 2 is 2.12 bits per heavy atom. The van der Waals surface area contributed by atoms with Crippen LogP contribution >= 0.6 is 23.1 Å². The number of thiazole rings is 1. The van der Waals surface area contributed by atoms with Crippen LogP contribution < -0.4 is 16.5 Å². The highest BCUT2D eigenvalue weighted by atomic mass is 32.2. The number of aromatic nitrogens is 6. The summed E-state index contributed by atoms with van der Waals surface area (Å²) in [7, 11) is 0. The fourth-order valence-corrected chi connectivity index (χ4v) is 5.88. The van der Waals surface area contributed by atoms with Crippen LogP contribution in [0.2, 0.25) is 0 Å². The second-order valence-electron chi connectivity index (χ2n) is 8.63. The van der Waals surface area contributed by atoms with Crippen molar-refractivity contribution in [3.8, 4) is 5.75 Å². The summed E-state index contributed by atoms with van der Waals surface area (Å²) in [5.41, 5.74) is 4.69. The van der Waals surface area contributed by atoms with Crippen LogP contribution in [-0.4, -0.2) is 90.9 Å². The quantitative estimate of drug-likeness (QED) is 0.0805. The second kappa shape index (κ2) is 10.9. The van der Waals surface area contributed by atoms with Gasteiger partial charge in [-0.2, -0.15) is 9.53 Å². The fourth-order valence-electron chi connectivity index (χ4n) is 4.00. The number of tetrazole rings is 1. The Balaban J connectivity index is 1.33.